The smallest absolute Gasteiger partial charge is 0.339 e. The second kappa shape index (κ2) is 9.01. The van der Waals surface area contributed by atoms with Crippen molar-refractivity contribution in [3.8, 4) is 0 Å². The molecule has 0 unspecified atom stereocenters. The zero-order valence-corrected chi connectivity index (χ0v) is 15.4. The van der Waals surface area contributed by atoms with E-state index in [0.29, 0.717) is 23.0 Å². The van der Waals surface area contributed by atoms with E-state index in [1.54, 1.807) is 12.1 Å². The molecule has 1 aromatic carbocycles. The monoisotopic (exact) mass is 342 g/mol. The van der Waals surface area contributed by atoms with E-state index >= 15 is 0 Å². The maximum Gasteiger partial charge on any atom is 0.339 e. The molecule has 0 spiro atoms. The van der Waals surface area contributed by atoms with E-state index in [2.05, 4.69) is 34.0 Å². The lowest BCUT2D eigenvalue weighted by atomic mass is 10.2. The standard InChI is InChI=1S/C19H26N4O2/c1-5-11-23(12-6-2)19-20-14(3)13-17(22-19)21-16-10-8-7-9-15(16)18(24)25-4/h7-10,13H,5-6,11-12H2,1-4H3,(H,20,21,22). The van der Waals surface area contributed by atoms with Crippen LogP contribution in [0.5, 0.6) is 0 Å². The minimum atomic E-state index is -0.382. The normalized spacial score (nSPS) is 10.4. The number of methoxy groups -OCH3 is 1. The number of carbonyl (C=O) groups excluding carboxylic acids is 1. The van der Waals surface area contributed by atoms with Crippen molar-refractivity contribution in [3.63, 3.8) is 0 Å². The van der Waals surface area contributed by atoms with Crippen LogP contribution >= 0.6 is 0 Å². The summed E-state index contributed by atoms with van der Waals surface area (Å²) in [5.41, 5.74) is 2.01. The predicted octanol–water partition coefficient (Wildman–Crippen LogP) is 3.94. The van der Waals surface area contributed by atoms with Gasteiger partial charge in [-0.3, -0.25) is 0 Å². The van der Waals surface area contributed by atoms with E-state index in [0.717, 1.165) is 31.6 Å². The molecule has 1 N–H and O–H groups in total. The van der Waals surface area contributed by atoms with Crippen molar-refractivity contribution in [2.24, 2.45) is 0 Å². The highest BCUT2D eigenvalue weighted by Gasteiger charge is 2.14. The molecule has 2 rings (SSSR count). The number of aromatic nitrogens is 2. The molecular weight excluding hydrogens is 316 g/mol. The third kappa shape index (κ3) is 4.92. The molecule has 6 nitrogen and oxygen atoms in total. The largest absolute Gasteiger partial charge is 0.465 e. The molecule has 1 heterocycles. The Hall–Kier alpha value is -2.63. The summed E-state index contributed by atoms with van der Waals surface area (Å²) in [4.78, 5) is 23.3. The lowest BCUT2D eigenvalue weighted by molar-refractivity contribution is 0.0602. The molecule has 1 aromatic heterocycles. The lowest BCUT2D eigenvalue weighted by Crippen LogP contribution is -2.27. The number of carbonyl (C=O) groups is 1. The van der Waals surface area contributed by atoms with E-state index in [1.807, 2.05) is 25.1 Å². The van der Waals surface area contributed by atoms with Gasteiger partial charge in [-0.25, -0.2) is 9.78 Å². The molecule has 0 saturated carbocycles. The van der Waals surface area contributed by atoms with Gasteiger partial charge in [0.15, 0.2) is 0 Å². The molecule has 134 valence electrons. The highest BCUT2D eigenvalue weighted by atomic mass is 16.5. The first-order chi connectivity index (χ1) is 12.1. The van der Waals surface area contributed by atoms with Crippen LogP contribution in [0.25, 0.3) is 0 Å². The van der Waals surface area contributed by atoms with Crippen LogP contribution in [0.2, 0.25) is 0 Å². The van der Waals surface area contributed by atoms with E-state index in [4.69, 9.17) is 4.74 Å². The van der Waals surface area contributed by atoms with E-state index in [1.165, 1.54) is 7.11 Å². The summed E-state index contributed by atoms with van der Waals surface area (Å²) in [5, 5.41) is 3.23. The van der Waals surface area contributed by atoms with Crippen molar-refractivity contribution in [1.29, 1.82) is 0 Å². The van der Waals surface area contributed by atoms with Crippen molar-refractivity contribution in [2.45, 2.75) is 33.6 Å². The van der Waals surface area contributed by atoms with Gasteiger partial charge in [-0.15, -0.1) is 0 Å². The molecule has 0 aliphatic heterocycles. The summed E-state index contributed by atoms with van der Waals surface area (Å²) in [5.74, 6) is 0.991. The van der Waals surface area contributed by atoms with Crippen LogP contribution in [0.15, 0.2) is 30.3 Å². The molecule has 0 bridgehead atoms. The van der Waals surface area contributed by atoms with Gasteiger partial charge in [0.1, 0.15) is 5.82 Å². The van der Waals surface area contributed by atoms with Crippen LogP contribution in [-0.2, 0) is 4.74 Å². The first kappa shape index (κ1) is 18.7. The average molecular weight is 342 g/mol. The minimum Gasteiger partial charge on any atom is -0.465 e. The van der Waals surface area contributed by atoms with Gasteiger partial charge in [-0.1, -0.05) is 26.0 Å². The minimum absolute atomic E-state index is 0.382. The SMILES string of the molecule is CCCN(CCC)c1nc(C)cc(Nc2ccccc2C(=O)OC)n1. The van der Waals surface area contributed by atoms with Crippen molar-refractivity contribution in [3.05, 3.63) is 41.6 Å². The number of hydrogen-bond acceptors (Lipinski definition) is 6. The molecule has 0 radical (unpaired) electrons. The van der Waals surface area contributed by atoms with Crippen molar-refractivity contribution in [1.82, 2.24) is 9.97 Å². The van der Waals surface area contributed by atoms with Crippen LogP contribution in [-0.4, -0.2) is 36.1 Å². The van der Waals surface area contributed by atoms with Gasteiger partial charge in [0.25, 0.3) is 0 Å². The van der Waals surface area contributed by atoms with Gasteiger partial charge >= 0.3 is 5.97 Å². The third-order valence-corrected chi connectivity index (χ3v) is 3.71. The predicted molar refractivity (Wildman–Crippen MR) is 101 cm³/mol. The Morgan fingerprint density at radius 3 is 2.48 bits per heavy atom. The fourth-order valence-electron chi connectivity index (χ4n) is 2.63. The Kier molecular flexibility index (Phi) is 6.74. The summed E-state index contributed by atoms with van der Waals surface area (Å²) in [6.07, 6.45) is 2.07. The maximum absolute atomic E-state index is 11.9. The fourth-order valence-corrected chi connectivity index (χ4v) is 2.63. The Labute approximate surface area is 149 Å². The molecule has 0 atom stereocenters. The van der Waals surface area contributed by atoms with Crippen molar-refractivity contribution in [2.75, 3.05) is 30.4 Å². The maximum atomic E-state index is 11.9. The number of ether oxygens (including phenoxy) is 1. The Morgan fingerprint density at radius 1 is 1.16 bits per heavy atom. The third-order valence-electron chi connectivity index (χ3n) is 3.71. The molecule has 25 heavy (non-hydrogen) atoms. The van der Waals surface area contributed by atoms with Gasteiger partial charge in [-0.2, -0.15) is 4.98 Å². The van der Waals surface area contributed by atoms with Gasteiger partial charge in [0.2, 0.25) is 5.95 Å². The zero-order valence-electron chi connectivity index (χ0n) is 15.4. The Morgan fingerprint density at radius 2 is 1.84 bits per heavy atom. The van der Waals surface area contributed by atoms with Crippen molar-refractivity contribution >= 4 is 23.4 Å². The fraction of sp³-hybridized carbons (Fsp3) is 0.421. The molecule has 6 heteroatoms. The number of anilines is 3. The van der Waals surface area contributed by atoms with Crippen LogP contribution in [0.3, 0.4) is 0 Å². The molecular formula is C19H26N4O2. The van der Waals surface area contributed by atoms with Gasteiger partial charge in [-0.05, 0) is 31.9 Å². The topological polar surface area (TPSA) is 67.4 Å². The second-order valence-corrected chi connectivity index (χ2v) is 5.84. The van der Waals surface area contributed by atoms with Crippen molar-refractivity contribution < 1.29 is 9.53 Å². The number of benzene rings is 1. The summed E-state index contributed by atoms with van der Waals surface area (Å²) >= 11 is 0. The van der Waals surface area contributed by atoms with Crippen LogP contribution in [0.4, 0.5) is 17.5 Å². The van der Waals surface area contributed by atoms with Crippen LogP contribution < -0.4 is 10.2 Å². The Bertz CT molecular complexity index is 712. The van der Waals surface area contributed by atoms with E-state index in [9.17, 15) is 4.79 Å². The first-order valence-corrected chi connectivity index (χ1v) is 8.64. The first-order valence-electron chi connectivity index (χ1n) is 8.64. The Balaban J connectivity index is 2.33. The summed E-state index contributed by atoms with van der Waals surface area (Å²) in [6.45, 7) is 8.05. The number of rotatable bonds is 8. The second-order valence-electron chi connectivity index (χ2n) is 5.84. The van der Waals surface area contributed by atoms with E-state index in [-0.39, 0.29) is 5.97 Å². The molecule has 0 aliphatic rings. The highest BCUT2D eigenvalue weighted by Crippen LogP contribution is 2.22. The number of nitrogens with zero attached hydrogens (tertiary/aromatic N) is 3. The number of esters is 1. The summed E-state index contributed by atoms with van der Waals surface area (Å²) in [7, 11) is 1.37. The summed E-state index contributed by atoms with van der Waals surface area (Å²) in [6, 6.07) is 9.10. The van der Waals surface area contributed by atoms with Gasteiger partial charge < -0.3 is 15.0 Å². The number of aryl methyl sites for hydroxylation is 1. The van der Waals surface area contributed by atoms with Gasteiger partial charge in [0.05, 0.1) is 18.4 Å². The molecule has 0 aliphatic carbocycles. The number of para-hydroxylation sites is 1. The highest BCUT2D eigenvalue weighted by molar-refractivity contribution is 5.96. The lowest BCUT2D eigenvalue weighted by Gasteiger charge is -2.22. The molecule has 2 aromatic rings. The molecule has 0 fully saturated rings. The average Bonchev–Trinajstić information content (AvgIpc) is 2.61. The summed E-state index contributed by atoms with van der Waals surface area (Å²) < 4.78 is 4.84. The van der Waals surface area contributed by atoms with Crippen LogP contribution in [0.1, 0.15) is 42.7 Å². The molecule has 0 saturated heterocycles. The quantitative estimate of drug-likeness (QED) is 0.733. The zero-order chi connectivity index (χ0) is 18.2. The number of nitrogens with one attached hydrogen (secondary N) is 1. The van der Waals surface area contributed by atoms with E-state index < -0.39 is 0 Å². The molecule has 0 amide bonds. The van der Waals surface area contributed by atoms with Gasteiger partial charge in [0, 0.05) is 24.8 Å². The van der Waals surface area contributed by atoms with Crippen LogP contribution in [0, 0.1) is 6.92 Å². The number of hydrogen-bond donors (Lipinski definition) is 1.